The molecule has 92 valence electrons. The number of thiophene rings is 1. The molecule has 1 N–H and O–H groups in total. The topological polar surface area (TPSA) is 36.8 Å². The van der Waals surface area contributed by atoms with Gasteiger partial charge in [-0.2, -0.15) is 0 Å². The van der Waals surface area contributed by atoms with E-state index < -0.39 is 0 Å². The molecule has 0 bridgehead atoms. The summed E-state index contributed by atoms with van der Waals surface area (Å²) in [5, 5.41) is 3.43. The first-order valence-electron chi connectivity index (χ1n) is 5.13. The predicted molar refractivity (Wildman–Crippen MR) is 83.4 cm³/mol. The standard InChI is InChI=1S/C11H7Br2N3SSe/c12-7-4-6(17-11(7)13)5-14-8-2-1-3-9-10(8)16-18-15-9/h1-4,14H,5H2. The number of anilines is 1. The Balaban J connectivity index is 1.78. The van der Waals surface area contributed by atoms with Crippen molar-refractivity contribution in [3.8, 4) is 0 Å². The van der Waals surface area contributed by atoms with Crippen molar-refractivity contribution in [3.05, 3.63) is 37.4 Å². The molecule has 0 fully saturated rings. The zero-order valence-electron chi connectivity index (χ0n) is 8.98. The summed E-state index contributed by atoms with van der Waals surface area (Å²) in [5.74, 6) is 0. The molecule has 0 saturated heterocycles. The van der Waals surface area contributed by atoms with Gasteiger partial charge in [0.2, 0.25) is 0 Å². The van der Waals surface area contributed by atoms with E-state index in [0.29, 0.717) is 0 Å². The monoisotopic (exact) mass is 451 g/mol. The van der Waals surface area contributed by atoms with Gasteiger partial charge in [-0.25, -0.2) is 0 Å². The minimum atomic E-state index is 0.0229. The maximum atomic E-state index is 4.45. The molecule has 0 saturated carbocycles. The fourth-order valence-electron chi connectivity index (χ4n) is 1.61. The van der Waals surface area contributed by atoms with Gasteiger partial charge in [-0.1, -0.05) is 0 Å². The molecule has 1 aliphatic rings. The molecule has 0 atom stereocenters. The molecule has 7 heteroatoms. The van der Waals surface area contributed by atoms with Gasteiger partial charge in [0.25, 0.3) is 0 Å². The first kappa shape index (κ1) is 12.8. The first-order chi connectivity index (χ1) is 8.74. The van der Waals surface area contributed by atoms with E-state index in [1.807, 2.05) is 12.1 Å². The van der Waals surface area contributed by atoms with Crippen LogP contribution in [0.15, 0.2) is 40.4 Å². The number of nitrogens with one attached hydrogen (secondary N) is 1. The molecule has 0 radical (unpaired) electrons. The Morgan fingerprint density at radius 2 is 2.17 bits per heavy atom. The summed E-state index contributed by atoms with van der Waals surface area (Å²) in [7, 11) is 0. The quantitative estimate of drug-likeness (QED) is 0.543. The van der Waals surface area contributed by atoms with Crippen molar-refractivity contribution in [2.45, 2.75) is 6.54 Å². The molecule has 1 aliphatic heterocycles. The van der Waals surface area contributed by atoms with E-state index in [2.05, 4.69) is 57.2 Å². The van der Waals surface area contributed by atoms with Gasteiger partial charge in [-0.05, 0) is 0 Å². The van der Waals surface area contributed by atoms with Crippen LogP contribution in [-0.2, 0) is 6.54 Å². The van der Waals surface area contributed by atoms with Gasteiger partial charge >= 0.3 is 132 Å². The summed E-state index contributed by atoms with van der Waals surface area (Å²) < 4.78 is 11.1. The third-order valence-corrected chi connectivity index (χ3v) is 6.83. The Labute approximate surface area is 131 Å². The van der Waals surface area contributed by atoms with E-state index in [4.69, 9.17) is 0 Å². The van der Waals surface area contributed by atoms with Crippen LogP contribution in [0.3, 0.4) is 0 Å². The van der Waals surface area contributed by atoms with Crippen LogP contribution >= 0.6 is 43.2 Å². The number of fused-ring (bicyclic) bond motifs is 1. The van der Waals surface area contributed by atoms with E-state index in [1.54, 1.807) is 11.3 Å². The van der Waals surface area contributed by atoms with Gasteiger partial charge in [0.05, 0.1) is 0 Å². The number of halogens is 2. The van der Waals surface area contributed by atoms with E-state index in [0.717, 1.165) is 31.9 Å². The summed E-state index contributed by atoms with van der Waals surface area (Å²) in [6, 6.07) is 8.20. The van der Waals surface area contributed by atoms with Gasteiger partial charge in [0.15, 0.2) is 0 Å². The van der Waals surface area contributed by atoms with Crippen LogP contribution < -0.4 is 5.32 Å². The summed E-state index contributed by atoms with van der Waals surface area (Å²) in [4.78, 5) is 1.27. The molecular weight excluding hydrogens is 445 g/mol. The Bertz CT molecular complexity index is 657. The number of benzene rings is 1. The Hall–Kier alpha value is -0.201. The van der Waals surface area contributed by atoms with Crippen LogP contribution in [0.4, 0.5) is 17.1 Å². The zero-order valence-corrected chi connectivity index (χ0v) is 14.7. The number of nitrogens with zero attached hydrogens (tertiary/aromatic N) is 2. The van der Waals surface area contributed by atoms with Crippen LogP contribution in [-0.4, -0.2) is 14.6 Å². The fraction of sp³-hybridized carbons (Fsp3) is 0.0909. The third kappa shape index (κ3) is 2.56. The Kier molecular flexibility index (Phi) is 3.86. The summed E-state index contributed by atoms with van der Waals surface area (Å²) in [6.07, 6.45) is 0. The van der Waals surface area contributed by atoms with Crippen LogP contribution in [0.1, 0.15) is 4.88 Å². The third-order valence-electron chi connectivity index (χ3n) is 2.44. The Morgan fingerprint density at radius 1 is 1.28 bits per heavy atom. The molecule has 1 aromatic heterocycles. The second-order valence-electron chi connectivity index (χ2n) is 3.63. The van der Waals surface area contributed by atoms with E-state index >= 15 is 0 Å². The van der Waals surface area contributed by atoms with Crippen molar-refractivity contribution < 1.29 is 0 Å². The molecule has 0 aliphatic carbocycles. The molecule has 1 aromatic carbocycles. The number of hydrogen-bond donors (Lipinski definition) is 1. The molecule has 3 nitrogen and oxygen atoms in total. The van der Waals surface area contributed by atoms with E-state index in [-0.39, 0.29) is 14.6 Å². The van der Waals surface area contributed by atoms with E-state index in [9.17, 15) is 0 Å². The maximum absolute atomic E-state index is 4.45. The molecule has 3 rings (SSSR count). The van der Waals surface area contributed by atoms with Gasteiger partial charge in [0.1, 0.15) is 0 Å². The first-order valence-corrected chi connectivity index (χ1v) is 9.06. The normalized spacial score (nSPS) is 12.3. The van der Waals surface area contributed by atoms with Gasteiger partial charge in [0, 0.05) is 0 Å². The molecule has 2 aromatic rings. The average molecular weight is 452 g/mol. The van der Waals surface area contributed by atoms with Crippen molar-refractivity contribution in [3.63, 3.8) is 0 Å². The molecule has 0 unspecified atom stereocenters. The van der Waals surface area contributed by atoms with Crippen molar-refractivity contribution in [1.82, 2.24) is 0 Å². The van der Waals surface area contributed by atoms with Crippen LogP contribution in [0.2, 0.25) is 0 Å². The average Bonchev–Trinajstić information content (AvgIpc) is 2.94. The van der Waals surface area contributed by atoms with Crippen LogP contribution in [0.5, 0.6) is 0 Å². The minimum absolute atomic E-state index is 0.0229. The molecular formula is C11H7Br2N3SSe. The van der Waals surface area contributed by atoms with Crippen molar-refractivity contribution in [1.29, 1.82) is 0 Å². The fourth-order valence-corrected chi connectivity index (χ4v) is 4.88. The number of hydrogen-bond acceptors (Lipinski definition) is 4. The second kappa shape index (κ2) is 5.43. The van der Waals surface area contributed by atoms with Gasteiger partial charge in [-0.15, -0.1) is 0 Å². The van der Waals surface area contributed by atoms with Gasteiger partial charge in [-0.3, -0.25) is 0 Å². The molecule has 18 heavy (non-hydrogen) atoms. The van der Waals surface area contributed by atoms with Crippen molar-refractivity contribution >= 4 is 74.8 Å². The van der Waals surface area contributed by atoms with E-state index in [1.165, 1.54) is 4.88 Å². The van der Waals surface area contributed by atoms with Gasteiger partial charge < -0.3 is 0 Å². The van der Waals surface area contributed by atoms with Crippen LogP contribution in [0.25, 0.3) is 0 Å². The zero-order chi connectivity index (χ0) is 12.5. The SMILES string of the molecule is Brc1cc(CNc2cccc3c2N=[Se]=N3)sc1Br. The summed E-state index contributed by atoms with van der Waals surface area (Å²) >= 11 is 8.75. The predicted octanol–water partition coefficient (Wildman–Crippen LogP) is 5.23. The summed E-state index contributed by atoms with van der Waals surface area (Å²) in [5.41, 5.74) is 3.08. The summed E-state index contributed by atoms with van der Waals surface area (Å²) in [6.45, 7) is 0.799. The number of rotatable bonds is 3. The van der Waals surface area contributed by atoms with Crippen molar-refractivity contribution in [2.75, 3.05) is 5.32 Å². The molecule has 0 amide bonds. The Morgan fingerprint density at radius 3 is 2.94 bits per heavy atom. The molecule has 0 spiro atoms. The van der Waals surface area contributed by atoms with Crippen molar-refractivity contribution in [2.24, 2.45) is 7.92 Å². The second-order valence-corrected chi connectivity index (χ2v) is 8.04. The molecule has 2 heterocycles. The van der Waals surface area contributed by atoms with Crippen LogP contribution in [0, 0.1) is 0 Å².